The molecule has 4 nitrogen and oxygen atoms in total. The number of benzene rings is 2. The van der Waals surface area contributed by atoms with Gasteiger partial charge in [-0.1, -0.05) is 54.1 Å². The van der Waals surface area contributed by atoms with Gasteiger partial charge in [-0.15, -0.1) is 0 Å². The molecule has 1 N–H and O–H groups in total. The van der Waals surface area contributed by atoms with E-state index in [1.807, 2.05) is 24.4 Å². The van der Waals surface area contributed by atoms with Crippen LogP contribution in [0, 0.1) is 6.92 Å². The summed E-state index contributed by atoms with van der Waals surface area (Å²) in [5, 5.41) is 4.30. The summed E-state index contributed by atoms with van der Waals surface area (Å²) in [5.41, 5.74) is 5.79. The fourth-order valence-electron chi connectivity index (χ4n) is 4.25. The molecule has 31 heavy (non-hydrogen) atoms. The number of aromatic nitrogens is 2. The molecular weight excluding hydrogens is 400 g/mol. The number of thiocarbonyl (C=S) groups is 1. The van der Waals surface area contributed by atoms with Gasteiger partial charge >= 0.3 is 0 Å². The van der Waals surface area contributed by atoms with Crippen molar-refractivity contribution in [1.82, 2.24) is 19.8 Å². The van der Waals surface area contributed by atoms with Crippen LogP contribution in [0.2, 0.25) is 0 Å². The molecule has 154 valence electrons. The fraction of sp³-hybridized carbons (Fsp3) is 0.154. The van der Waals surface area contributed by atoms with E-state index in [2.05, 4.69) is 99.6 Å². The van der Waals surface area contributed by atoms with Crippen molar-refractivity contribution in [2.24, 2.45) is 0 Å². The van der Waals surface area contributed by atoms with Crippen molar-refractivity contribution in [1.29, 1.82) is 0 Å². The number of rotatable bonds is 5. The van der Waals surface area contributed by atoms with Crippen LogP contribution < -0.4 is 5.32 Å². The zero-order chi connectivity index (χ0) is 21.2. The van der Waals surface area contributed by atoms with E-state index < -0.39 is 0 Å². The summed E-state index contributed by atoms with van der Waals surface area (Å²) >= 11 is 5.82. The number of hydrogen-bond donors (Lipinski definition) is 1. The molecule has 5 heteroatoms. The second-order valence-electron chi connectivity index (χ2n) is 7.88. The Kier molecular flexibility index (Phi) is 5.26. The Hall–Kier alpha value is -3.44. The van der Waals surface area contributed by atoms with E-state index in [0.717, 1.165) is 23.0 Å². The maximum atomic E-state index is 5.82. The van der Waals surface area contributed by atoms with Gasteiger partial charge in [-0.05, 0) is 61.1 Å². The molecule has 0 spiro atoms. The van der Waals surface area contributed by atoms with Crippen LogP contribution in [0.1, 0.15) is 34.6 Å². The fourth-order valence-corrected chi connectivity index (χ4v) is 4.56. The lowest BCUT2D eigenvalue weighted by Crippen LogP contribution is -2.30. The smallest absolute Gasteiger partial charge is 0.170 e. The average molecular weight is 425 g/mol. The summed E-state index contributed by atoms with van der Waals surface area (Å²) in [6, 6.07) is 29.4. The predicted octanol–water partition coefficient (Wildman–Crippen LogP) is 5.35. The van der Waals surface area contributed by atoms with Gasteiger partial charge in [-0.25, -0.2) is 0 Å². The third-order valence-electron chi connectivity index (χ3n) is 5.79. The number of aryl methyl sites for hydroxylation is 1. The second-order valence-corrected chi connectivity index (χ2v) is 8.27. The minimum Gasteiger partial charge on any atom is -0.352 e. The molecule has 2 aromatic carbocycles. The number of nitrogens with one attached hydrogen (secondary N) is 1. The Morgan fingerprint density at radius 2 is 1.68 bits per heavy atom. The molecule has 4 aromatic rings. The SMILES string of the molecule is Cc1ccc(-n2cccc2[C@@H]2[C@@H](c3ccccn3)NC(=S)N2Cc2ccccc2)cc1. The third-order valence-corrected chi connectivity index (χ3v) is 6.14. The Balaban J connectivity index is 1.60. The van der Waals surface area contributed by atoms with Crippen LogP contribution in [0.3, 0.4) is 0 Å². The van der Waals surface area contributed by atoms with Crippen LogP contribution in [0.25, 0.3) is 5.69 Å². The van der Waals surface area contributed by atoms with Crippen LogP contribution in [0.4, 0.5) is 0 Å². The highest BCUT2D eigenvalue weighted by atomic mass is 32.1. The number of pyridine rings is 1. The lowest BCUT2D eigenvalue weighted by Gasteiger charge is -2.29. The van der Waals surface area contributed by atoms with Gasteiger partial charge in [0.1, 0.15) is 0 Å². The van der Waals surface area contributed by atoms with Crippen molar-refractivity contribution in [3.8, 4) is 5.69 Å². The van der Waals surface area contributed by atoms with Crippen LogP contribution in [-0.2, 0) is 6.54 Å². The standard InChI is InChI=1S/C26H24N4S/c1-19-12-14-21(15-13-19)29-17-7-11-23(29)25-24(22-10-5-6-16-27-22)28-26(31)30(25)18-20-8-3-2-4-9-20/h2-17,24-25H,18H2,1H3,(H,28,31)/t24-,25-/m1/s1. The molecule has 0 bridgehead atoms. The molecule has 5 rings (SSSR count). The second kappa shape index (κ2) is 8.36. The quantitative estimate of drug-likeness (QED) is 0.438. The monoisotopic (exact) mass is 424 g/mol. The summed E-state index contributed by atoms with van der Waals surface area (Å²) in [4.78, 5) is 6.93. The van der Waals surface area contributed by atoms with E-state index in [1.165, 1.54) is 16.8 Å². The van der Waals surface area contributed by atoms with Crippen molar-refractivity contribution in [3.05, 3.63) is 120 Å². The molecule has 0 amide bonds. The summed E-state index contributed by atoms with van der Waals surface area (Å²) in [6.07, 6.45) is 3.97. The molecule has 0 saturated carbocycles. The summed E-state index contributed by atoms with van der Waals surface area (Å²) in [6.45, 7) is 2.85. The molecule has 2 aromatic heterocycles. The van der Waals surface area contributed by atoms with Gasteiger partial charge in [-0.2, -0.15) is 0 Å². The van der Waals surface area contributed by atoms with Crippen molar-refractivity contribution >= 4 is 17.3 Å². The van der Waals surface area contributed by atoms with Crippen molar-refractivity contribution in [2.75, 3.05) is 0 Å². The molecule has 3 heterocycles. The number of hydrogen-bond acceptors (Lipinski definition) is 2. The third kappa shape index (κ3) is 3.84. The van der Waals surface area contributed by atoms with Crippen LogP contribution >= 0.6 is 12.2 Å². The van der Waals surface area contributed by atoms with E-state index >= 15 is 0 Å². The molecule has 0 aliphatic carbocycles. The maximum absolute atomic E-state index is 5.82. The minimum absolute atomic E-state index is 0.0129. The maximum Gasteiger partial charge on any atom is 0.170 e. The summed E-state index contributed by atoms with van der Waals surface area (Å²) in [7, 11) is 0. The lowest BCUT2D eigenvalue weighted by atomic mass is 10.0. The van der Waals surface area contributed by atoms with Gasteiger partial charge in [0.15, 0.2) is 5.11 Å². The van der Waals surface area contributed by atoms with Gasteiger partial charge in [-0.3, -0.25) is 4.98 Å². The topological polar surface area (TPSA) is 33.1 Å². The molecular formula is C26H24N4S. The zero-order valence-electron chi connectivity index (χ0n) is 17.3. The first kappa shape index (κ1) is 19.5. The molecule has 2 atom stereocenters. The normalized spacial score (nSPS) is 18.2. The van der Waals surface area contributed by atoms with E-state index in [-0.39, 0.29) is 12.1 Å². The van der Waals surface area contributed by atoms with Crippen molar-refractivity contribution < 1.29 is 0 Å². The first-order chi connectivity index (χ1) is 15.2. The molecule has 1 fully saturated rings. The van der Waals surface area contributed by atoms with E-state index in [0.29, 0.717) is 0 Å². The van der Waals surface area contributed by atoms with Gasteiger partial charge in [0.25, 0.3) is 0 Å². The highest BCUT2D eigenvalue weighted by Crippen LogP contribution is 2.40. The summed E-state index contributed by atoms with van der Waals surface area (Å²) in [5.74, 6) is 0. The van der Waals surface area contributed by atoms with Crippen molar-refractivity contribution in [2.45, 2.75) is 25.6 Å². The van der Waals surface area contributed by atoms with E-state index in [1.54, 1.807) is 0 Å². The highest BCUT2D eigenvalue weighted by Gasteiger charge is 2.41. The first-order valence-corrected chi connectivity index (χ1v) is 10.9. The molecule has 0 radical (unpaired) electrons. The van der Waals surface area contributed by atoms with Gasteiger partial charge in [0, 0.05) is 30.3 Å². The predicted molar refractivity (Wildman–Crippen MR) is 128 cm³/mol. The first-order valence-electron chi connectivity index (χ1n) is 10.5. The molecule has 1 aliphatic rings. The van der Waals surface area contributed by atoms with Gasteiger partial charge in [0.2, 0.25) is 0 Å². The Labute approximate surface area is 188 Å². The van der Waals surface area contributed by atoms with Crippen LogP contribution in [-0.4, -0.2) is 19.6 Å². The van der Waals surface area contributed by atoms with Crippen molar-refractivity contribution in [3.63, 3.8) is 0 Å². The largest absolute Gasteiger partial charge is 0.352 e. The molecule has 1 aliphatic heterocycles. The van der Waals surface area contributed by atoms with Crippen LogP contribution in [0.5, 0.6) is 0 Å². The Morgan fingerprint density at radius 1 is 0.903 bits per heavy atom. The van der Waals surface area contributed by atoms with E-state index in [4.69, 9.17) is 12.2 Å². The van der Waals surface area contributed by atoms with Crippen LogP contribution in [0.15, 0.2) is 97.3 Å². The number of nitrogens with zero attached hydrogens (tertiary/aromatic N) is 3. The lowest BCUT2D eigenvalue weighted by molar-refractivity contribution is 0.302. The Bertz CT molecular complexity index is 1170. The van der Waals surface area contributed by atoms with Gasteiger partial charge < -0.3 is 14.8 Å². The average Bonchev–Trinajstić information content (AvgIpc) is 3.40. The van der Waals surface area contributed by atoms with E-state index in [9.17, 15) is 0 Å². The highest BCUT2D eigenvalue weighted by molar-refractivity contribution is 7.80. The minimum atomic E-state index is -0.0310. The Morgan fingerprint density at radius 3 is 2.42 bits per heavy atom. The molecule has 0 unspecified atom stereocenters. The summed E-state index contributed by atoms with van der Waals surface area (Å²) < 4.78 is 2.26. The molecule has 1 saturated heterocycles. The van der Waals surface area contributed by atoms with Gasteiger partial charge in [0.05, 0.1) is 17.8 Å². The zero-order valence-corrected chi connectivity index (χ0v) is 18.2.